The number of rotatable bonds is 7. The fourth-order valence-corrected chi connectivity index (χ4v) is 2.78. The van der Waals surface area contributed by atoms with Crippen molar-refractivity contribution in [3.05, 3.63) is 35.9 Å². The summed E-state index contributed by atoms with van der Waals surface area (Å²) in [6.45, 7) is 10.8. The van der Waals surface area contributed by atoms with E-state index >= 15 is 0 Å². The summed E-state index contributed by atoms with van der Waals surface area (Å²) in [7, 11) is -2.12. The molecule has 0 saturated carbocycles. The number of carboxylic acid groups (broad SMARTS) is 1. The van der Waals surface area contributed by atoms with Crippen LogP contribution in [0.25, 0.3) is 0 Å². The Kier molecular flexibility index (Phi) is 6.13. The van der Waals surface area contributed by atoms with Crippen LogP contribution in [0.15, 0.2) is 30.3 Å². The van der Waals surface area contributed by atoms with Gasteiger partial charge >= 0.3 is 5.97 Å². The number of aliphatic carboxylic acids is 1. The fraction of sp³-hybridized carbons (Fsp3) is 0.562. The van der Waals surface area contributed by atoms with Gasteiger partial charge < -0.3 is 14.3 Å². The van der Waals surface area contributed by atoms with E-state index in [2.05, 4.69) is 20.8 Å². The molecular weight excluding hydrogens is 284 g/mol. The lowest BCUT2D eigenvalue weighted by Gasteiger charge is -2.38. The average Bonchev–Trinajstić information content (AvgIpc) is 2.37. The summed E-state index contributed by atoms with van der Waals surface area (Å²) in [6.07, 6.45) is -0.908. The second-order valence-corrected chi connectivity index (χ2v) is 11.5. The molecule has 1 atom stereocenters. The molecule has 1 aromatic rings. The lowest BCUT2D eigenvalue weighted by atomic mass is 10.2. The third-order valence-electron chi connectivity index (χ3n) is 3.90. The first-order valence-electron chi connectivity index (χ1n) is 7.16. The van der Waals surface area contributed by atoms with Crippen molar-refractivity contribution in [2.75, 3.05) is 6.61 Å². The van der Waals surface area contributed by atoms with Crippen LogP contribution in [0.2, 0.25) is 18.1 Å². The predicted molar refractivity (Wildman–Crippen MR) is 85.8 cm³/mol. The van der Waals surface area contributed by atoms with Crippen LogP contribution in [-0.2, 0) is 20.6 Å². The van der Waals surface area contributed by atoms with E-state index in [-0.39, 0.29) is 11.6 Å². The van der Waals surface area contributed by atoms with Gasteiger partial charge in [-0.1, -0.05) is 51.1 Å². The molecule has 0 aliphatic heterocycles. The highest BCUT2D eigenvalue weighted by Crippen LogP contribution is 2.37. The van der Waals surface area contributed by atoms with Crippen LogP contribution in [0.4, 0.5) is 0 Å². The number of hydrogen-bond acceptors (Lipinski definition) is 3. The van der Waals surface area contributed by atoms with Crippen LogP contribution in [0, 0.1) is 0 Å². The molecule has 0 amide bonds. The lowest BCUT2D eigenvalue weighted by molar-refractivity contribution is -0.149. The quantitative estimate of drug-likeness (QED) is 0.781. The minimum atomic E-state index is -2.12. The average molecular weight is 310 g/mol. The number of carboxylic acids is 1. The monoisotopic (exact) mass is 310 g/mol. The van der Waals surface area contributed by atoms with E-state index in [1.54, 1.807) is 0 Å². The van der Waals surface area contributed by atoms with Crippen molar-refractivity contribution in [3.8, 4) is 0 Å². The predicted octanol–water partition coefficient (Wildman–Crippen LogP) is 3.68. The summed E-state index contributed by atoms with van der Waals surface area (Å²) >= 11 is 0. The van der Waals surface area contributed by atoms with Crippen molar-refractivity contribution >= 4 is 14.3 Å². The highest BCUT2D eigenvalue weighted by atomic mass is 28.4. The number of ether oxygens (including phenoxy) is 1. The first-order chi connectivity index (χ1) is 9.63. The molecule has 118 valence electrons. The van der Waals surface area contributed by atoms with E-state index in [1.165, 1.54) is 0 Å². The van der Waals surface area contributed by atoms with Gasteiger partial charge in [0.05, 0.1) is 13.2 Å². The zero-order chi connectivity index (χ0) is 16.1. The molecule has 0 heterocycles. The van der Waals surface area contributed by atoms with Crippen molar-refractivity contribution in [1.82, 2.24) is 0 Å². The molecule has 0 spiro atoms. The van der Waals surface area contributed by atoms with Gasteiger partial charge in [0.25, 0.3) is 0 Å². The van der Waals surface area contributed by atoms with Crippen molar-refractivity contribution in [2.24, 2.45) is 0 Å². The molecule has 21 heavy (non-hydrogen) atoms. The van der Waals surface area contributed by atoms with Crippen LogP contribution in [0.1, 0.15) is 26.3 Å². The van der Waals surface area contributed by atoms with Crippen molar-refractivity contribution in [2.45, 2.75) is 51.6 Å². The van der Waals surface area contributed by atoms with E-state index in [9.17, 15) is 9.90 Å². The first-order valence-corrected chi connectivity index (χ1v) is 10.1. The molecule has 1 unspecified atom stereocenters. The van der Waals surface area contributed by atoms with Gasteiger partial charge in [0.1, 0.15) is 0 Å². The van der Waals surface area contributed by atoms with Crippen molar-refractivity contribution in [1.29, 1.82) is 0 Å². The normalized spacial score (nSPS) is 14.0. The second-order valence-electron chi connectivity index (χ2n) is 6.71. The highest BCUT2D eigenvalue weighted by molar-refractivity contribution is 6.74. The third kappa shape index (κ3) is 5.61. The summed E-state index contributed by atoms with van der Waals surface area (Å²) in [5.74, 6) is -0.965. The van der Waals surface area contributed by atoms with E-state index in [4.69, 9.17) is 9.16 Å². The number of benzene rings is 1. The zero-order valence-electron chi connectivity index (χ0n) is 13.6. The van der Waals surface area contributed by atoms with Gasteiger partial charge in [-0.05, 0) is 23.7 Å². The second kappa shape index (κ2) is 7.20. The molecule has 1 N–H and O–H groups in total. The molecular formula is C16H26O4Si. The Morgan fingerprint density at radius 1 is 1.24 bits per heavy atom. The summed E-state index contributed by atoms with van der Waals surface area (Å²) in [6, 6.07) is 9.69. The first kappa shape index (κ1) is 17.9. The molecule has 0 fully saturated rings. The van der Waals surface area contributed by atoms with Gasteiger partial charge in [-0.25, -0.2) is 4.79 Å². The Balaban J connectivity index is 2.57. The zero-order valence-corrected chi connectivity index (χ0v) is 14.6. The maximum atomic E-state index is 11.4. The molecule has 4 nitrogen and oxygen atoms in total. The van der Waals surface area contributed by atoms with Gasteiger partial charge in [-0.15, -0.1) is 0 Å². The van der Waals surface area contributed by atoms with Gasteiger partial charge in [0, 0.05) is 0 Å². The fourth-order valence-electron chi connectivity index (χ4n) is 1.55. The number of carbonyl (C=O) groups is 1. The number of hydrogen-bond donors (Lipinski definition) is 1. The van der Waals surface area contributed by atoms with Crippen LogP contribution in [0.3, 0.4) is 0 Å². The molecule has 0 aromatic heterocycles. The Morgan fingerprint density at radius 2 is 1.81 bits per heavy atom. The van der Waals surface area contributed by atoms with Gasteiger partial charge in [-0.3, -0.25) is 0 Å². The molecule has 0 radical (unpaired) electrons. The van der Waals surface area contributed by atoms with Crippen molar-refractivity contribution in [3.63, 3.8) is 0 Å². The van der Waals surface area contributed by atoms with E-state index in [0.29, 0.717) is 6.61 Å². The largest absolute Gasteiger partial charge is 0.479 e. The molecule has 1 aromatic carbocycles. The topological polar surface area (TPSA) is 55.8 Å². The van der Waals surface area contributed by atoms with Crippen LogP contribution in [0.5, 0.6) is 0 Å². The molecule has 0 saturated heterocycles. The van der Waals surface area contributed by atoms with Crippen LogP contribution < -0.4 is 0 Å². The lowest BCUT2D eigenvalue weighted by Crippen LogP contribution is -2.47. The summed E-state index contributed by atoms with van der Waals surface area (Å²) in [5, 5.41) is 9.29. The summed E-state index contributed by atoms with van der Waals surface area (Å²) in [4.78, 5) is 11.4. The van der Waals surface area contributed by atoms with E-state index < -0.39 is 20.4 Å². The minimum Gasteiger partial charge on any atom is -0.479 e. The molecule has 0 bridgehead atoms. The molecule has 5 heteroatoms. The van der Waals surface area contributed by atoms with Crippen LogP contribution >= 0.6 is 0 Å². The van der Waals surface area contributed by atoms with Gasteiger partial charge in [0.15, 0.2) is 14.4 Å². The third-order valence-corrected chi connectivity index (χ3v) is 8.39. The van der Waals surface area contributed by atoms with Gasteiger partial charge in [0.2, 0.25) is 0 Å². The Bertz CT molecular complexity index is 451. The summed E-state index contributed by atoms with van der Waals surface area (Å²) < 4.78 is 11.4. The standard InChI is InChI=1S/C16H26O4Si/c1-16(2,3)21(4,5)20-14(15(17)18)12-19-11-13-9-7-6-8-10-13/h6-10,14H,11-12H2,1-5H3,(H,17,18). The smallest absolute Gasteiger partial charge is 0.334 e. The van der Waals surface area contributed by atoms with E-state index in [0.717, 1.165) is 5.56 Å². The van der Waals surface area contributed by atoms with Crippen molar-refractivity contribution < 1.29 is 19.1 Å². The Hall–Kier alpha value is -1.17. The maximum Gasteiger partial charge on any atom is 0.334 e. The van der Waals surface area contributed by atoms with Crippen LogP contribution in [-0.4, -0.2) is 32.1 Å². The Labute approximate surface area is 128 Å². The summed E-state index contributed by atoms with van der Waals surface area (Å²) in [5.41, 5.74) is 1.02. The molecule has 0 aliphatic carbocycles. The maximum absolute atomic E-state index is 11.4. The molecule has 1 rings (SSSR count). The SMILES string of the molecule is CC(C)(C)[Si](C)(C)OC(COCc1ccccc1)C(=O)O. The highest BCUT2D eigenvalue weighted by Gasteiger charge is 2.40. The Morgan fingerprint density at radius 3 is 2.29 bits per heavy atom. The van der Waals surface area contributed by atoms with E-state index in [1.807, 2.05) is 43.4 Å². The molecule has 0 aliphatic rings. The minimum absolute atomic E-state index is 0.0276. The van der Waals surface area contributed by atoms with Gasteiger partial charge in [-0.2, -0.15) is 0 Å².